The van der Waals surface area contributed by atoms with Crippen LogP contribution in [0.4, 0.5) is 4.79 Å². The molecule has 4 rings (SSSR count). The van der Waals surface area contributed by atoms with Crippen molar-refractivity contribution in [2.24, 2.45) is 0 Å². The fourth-order valence-electron chi connectivity index (χ4n) is 4.19. The Balaban J connectivity index is 1.33. The molecule has 3 aliphatic heterocycles. The van der Waals surface area contributed by atoms with Crippen LogP contribution in [0.3, 0.4) is 0 Å². The van der Waals surface area contributed by atoms with E-state index in [2.05, 4.69) is 10.6 Å². The van der Waals surface area contributed by atoms with Gasteiger partial charge in [0.15, 0.2) is 23.7 Å². The topological polar surface area (TPSA) is 131 Å². The summed E-state index contributed by atoms with van der Waals surface area (Å²) in [6.07, 6.45) is -3.54. The first kappa shape index (κ1) is 24.4. The Morgan fingerprint density at radius 3 is 2.38 bits per heavy atom. The molecule has 11 heteroatoms. The van der Waals surface area contributed by atoms with Crippen molar-refractivity contribution in [1.82, 2.24) is 10.6 Å². The Morgan fingerprint density at radius 2 is 1.71 bits per heavy atom. The van der Waals surface area contributed by atoms with Gasteiger partial charge in [-0.25, -0.2) is 9.59 Å². The van der Waals surface area contributed by atoms with Crippen molar-refractivity contribution in [3.8, 4) is 0 Å². The number of carbonyl (C=O) groups is 3. The minimum atomic E-state index is -1.12. The summed E-state index contributed by atoms with van der Waals surface area (Å²) in [4.78, 5) is 37.2. The summed E-state index contributed by atoms with van der Waals surface area (Å²) in [5.41, 5.74) is 0.814. The van der Waals surface area contributed by atoms with Crippen molar-refractivity contribution in [2.75, 3.05) is 13.2 Å². The molecule has 3 heterocycles. The van der Waals surface area contributed by atoms with Crippen molar-refractivity contribution in [3.63, 3.8) is 0 Å². The number of esters is 1. The van der Waals surface area contributed by atoms with Crippen LogP contribution >= 0.6 is 0 Å². The van der Waals surface area contributed by atoms with Crippen LogP contribution in [-0.2, 0) is 44.6 Å². The van der Waals surface area contributed by atoms with Crippen LogP contribution in [0.2, 0.25) is 0 Å². The third-order valence-corrected chi connectivity index (χ3v) is 5.64. The molecule has 0 aliphatic carbocycles. The first-order valence-electron chi connectivity index (χ1n) is 11.1. The average molecular weight is 478 g/mol. The number of benzene rings is 1. The highest BCUT2D eigenvalue weighted by atomic mass is 16.8. The second kappa shape index (κ2) is 9.49. The van der Waals surface area contributed by atoms with Crippen LogP contribution in [-0.4, -0.2) is 73.2 Å². The summed E-state index contributed by atoms with van der Waals surface area (Å²) < 4.78 is 34.1. The first-order chi connectivity index (χ1) is 16.0. The second-order valence-electron chi connectivity index (χ2n) is 9.29. The zero-order chi connectivity index (χ0) is 24.5. The van der Waals surface area contributed by atoms with Gasteiger partial charge < -0.3 is 39.1 Å². The van der Waals surface area contributed by atoms with Gasteiger partial charge in [0, 0.05) is 0 Å². The van der Waals surface area contributed by atoms with E-state index in [1.54, 1.807) is 27.7 Å². The van der Waals surface area contributed by atoms with Crippen molar-refractivity contribution < 1.29 is 42.8 Å². The van der Waals surface area contributed by atoms with E-state index >= 15 is 0 Å². The molecule has 2 amide bonds. The van der Waals surface area contributed by atoms with Gasteiger partial charge in [-0.2, -0.15) is 0 Å². The molecule has 0 aromatic heterocycles. The maximum Gasteiger partial charge on any atom is 0.407 e. The molecule has 1 aromatic carbocycles. The van der Waals surface area contributed by atoms with E-state index in [-0.39, 0.29) is 13.2 Å². The number of carbonyl (C=O) groups excluding carboxylic acids is 3. The van der Waals surface area contributed by atoms with E-state index in [1.165, 1.54) is 0 Å². The predicted molar refractivity (Wildman–Crippen MR) is 115 cm³/mol. The number of rotatable bonds is 6. The molecular formula is C23H30N2O9. The summed E-state index contributed by atoms with van der Waals surface area (Å²) >= 11 is 0. The minimum Gasteiger partial charge on any atom is -0.455 e. The molecule has 3 aliphatic rings. The Labute approximate surface area is 197 Å². The van der Waals surface area contributed by atoms with Crippen LogP contribution < -0.4 is 10.6 Å². The number of alkyl carbamates (subject to hydrolysis) is 1. The molecule has 3 saturated heterocycles. The van der Waals surface area contributed by atoms with Crippen LogP contribution in [0.15, 0.2) is 30.3 Å². The van der Waals surface area contributed by atoms with E-state index in [0.29, 0.717) is 0 Å². The number of fused-ring (bicyclic) bond motifs is 1. The van der Waals surface area contributed by atoms with E-state index in [0.717, 1.165) is 5.56 Å². The van der Waals surface area contributed by atoms with Gasteiger partial charge in [-0.1, -0.05) is 30.3 Å². The van der Waals surface area contributed by atoms with Gasteiger partial charge in [0.25, 0.3) is 0 Å². The molecule has 0 unspecified atom stereocenters. The normalized spacial score (nSPS) is 31.3. The molecule has 186 valence electrons. The lowest BCUT2D eigenvalue weighted by Gasteiger charge is -2.38. The number of cyclic esters (lactones) is 1. The molecule has 34 heavy (non-hydrogen) atoms. The molecule has 0 bridgehead atoms. The Hall–Kier alpha value is -2.73. The van der Waals surface area contributed by atoms with E-state index in [4.69, 9.17) is 28.4 Å². The van der Waals surface area contributed by atoms with Gasteiger partial charge in [-0.3, -0.25) is 4.79 Å². The number of nitrogens with one attached hydrogen (secondary N) is 2. The fraction of sp³-hybridized carbons (Fsp3) is 0.609. The van der Waals surface area contributed by atoms with Gasteiger partial charge in [0.05, 0.1) is 6.61 Å². The predicted octanol–water partition coefficient (Wildman–Crippen LogP) is 0.995. The Kier molecular flexibility index (Phi) is 6.81. The molecule has 0 spiro atoms. The van der Waals surface area contributed by atoms with E-state index < -0.39 is 66.5 Å². The highest BCUT2D eigenvalue weighted by Crippen LogP contribution is 2.39. The van der Waals surface area contributed by atoms with Gasteiger partial charge in [-0.15, -0.1) is 0 Å². The largest absolute Gasteiger partial charge is 0.455 e. The number of ether oxygens (including phenoxy) is 6. The third-order valence-electron chi connectivity index (χ3n) is 5.64. The third kappa shape index (κ3) is 5.66. The quantitative estimate of drug-likeness (QED) is 0.575. The fourth-order valence-corrected chi connectivity index (χ4v) is 4.19. The maximum atomic E-state index is 12.8. The standard InChI is InChI=1S/C23H30N2O9/c1-22(2)30-12-14(32-22)17-19-18(33-23(3,4)34-19)16(20(27)31-17)25-15(26)10-24-21(28)29-11-13-8-6-5-7-9-13/h5-9,14,16-19H,10-12H2,1-4H3,(H,24,28)(H,25,26)/t14-,16+,17-,18-,19+/m1/s1. The van der Waals surface area contributed by atoms with E-state index in [1.807, 2.05) is 30.3 Å². The number of hydrogen-bond acceptors (Lipinski definition) is 9. The molecule has 1 aromatic rings. The Bertz CT molecular complexity index is 920. The van der Waals surface area contributed by atoms with Crippen molar-refractivity contribution in [1.29, 1.82) is 0 Å². The van der Waals surface area contributed by atoms with Crippen molar-refractivity contribution in [2.45, 2.75) is 76.3 Å². The molecule has 0 radical (unpaired) electrons. The highest BCUT2D eigenvalue weighted by molar-refractivity contribution is 5.88. The van der Waals surface area contributed by atoms with Crippen LogP contribution in [0.25, 0.3) is 0 Å². The SMILES string of the molecule is CC1(C)O[C@@H]2[C@H](O1)[C@H](NC(=O)CNC(=O)OCc1ccccc1)C(=O)O[C@@H]2[C@H]1COC(C)(C)O1. The second-order valence-corrected chi connectivity index (χ2v) is 9.29. The number of hydrogen-bond donors (Lipinski definition) is 2. The summed E-state index contributed by atoms with van der Waals surface area (Å²) in [6.45, 7) is 6.87. The lowest BCUT2D eigenvalue weighted by Crippen LogP contribution is -2.63. The van der Waals surface area contributed by atoms with Crippen LogP contribution in [0, 0.1) is 0 Å². The van der Waals surface area contributed by atoms with Gasteiger partial charge in [-0.05, 0) is 33.3 Å². The summed E-state index contributed by atoms with van der Waals surface area (Å²) in [6, 6.07) is 8.02. The molecular weight excluding hydrogens is 448 g/mol. The van der Waals surface area contributed by atoms with Crippen LogP contribution in [0.1, 0.15) is 33.3 Å². The lowest BCUT2D eigenvalue weighted by atomic mass is 9.94. The molecule has 2 N–H and O–H groups in total. The zero-order valence-corrected chi connectivity index (χ0v) is 19.6. The average Bonchev–Trinajstić information content (AvgIpc) is 3.31. The zero-order valence-electron chi connectivity index (χ0n) is 19.6. The minimum absolute atomic E-state index is 0.0679. The molecule has 5 atom stereocenters. The molecule has 3 fully saturated rings. The number of amides is 2. The molecule has 11 nitrogen and oxygen atoms in total. The summed E-state index contributed by atoms with van der Waals surface area (Å²) in [5.74, 6) is -3.10. The van der Waals surface area contributed by atoms with E-state index in [9.17, 15) is 14.4 Å². The lowest BCUT2D eigenvalue weighted by molar-refractivity contribution is -0.200. The highest BCUT2D eigenvalue weighted by Gasteiger charge is 2.59. The van der Waals surface area contributed by atoms with Gasteiger partial charge in [0.1, 0.15) is 31.5 Å². The van der Waals surface area contributed by atoms with Gasteiger partial charge >= 0.3 is 12.1 Å². The maximum absolute atomic E-state index is 12.8. The smallest absolute Gasteiger partial charge is 0.407 e. The summed E-state index contributed by atoms with van der Waals surface area (Å²) in [7, 11) is 0. The molecule has 0 saturated carbocycles. The monoisotopic (exact) mass is 478 g/mol. The summed E-state index contributed by atoms with van der Waals surface area (Å²) in [5, 5.41) is 4.94. The van der Waals surface area contributed by atoms with Crippen molar-refractivity contribution >= 4 is 18.0 Å². The van der Waals surface area contributed by atoms with Crippen molar-refractivity contribution in [3.05, 3.63) is 35.9 Å². The first-order valence-corrected chi connectivity index (χ1v) is 11.1. The van der Waals surface area contributed by atoms with Crippen LogP contribution in [0.5, 0.6) is 0 Å². The van der Waals surface area contributed by atoms with Gasteiger partial charge in [0.2, 0.25) is 5.91 Å². The Morgan fingerprint density at radius 1 is 1.00 bits per heavy atom.